The zero-order valence-corrected chi connectivity index (χ0v) is 18.6. The molecule has 2 unspecified atom stereocenters. The smallest absolute Gasteiger partial charge is 0.419 e. The van der Waals surface area contributed by atoms with Gasteiger partial charge >= 0.3 is 36.2 Å². The number of hydrogen-bond donors (Lipinski definition) is 4. The number of carbonyl (C=O) groups excluding carboxylic acids is 4. The molecule has 0 aliphatic rings. The summed E-state index contributed by atoms with van der Waals surface area (Å²) in [5, 5.41) is 19.0. The first-order chi connectivity index (χ1) is 17.1. The minimum absolute atomic E-state index is 0.0601. The van der Waals surface area contributed by atoms with Crippen LogP contribution in [0.4, 0.5) is 19.2 Å². The molecule has 0 bridgehead atoms. The number of ether oxygens (including phenoxy) is 2. The van der Waals surface area contributed by atoms with Gasteiger partial charge in [-0.25, -0.2) is 38.6 Å². The first-order valence-corrected chi connectivity index (χ1v) is 10.1. The summed E-state index contributed by atoms with van der Waals surface area (Å²) in [6.07, 6.45) is -2.90. The van der Waals surface area contributed by atoms with Crippen molar-refractivity contribution in [2.45, 2.75) is 12.1 Å². The normalized spacial score (nSPS) is 11.9. The lowest BCUT2D eigenvalue weighted by molar-refractivity contribution is -0.143. The molecule has 2 rings (SSSR count). The Morgan fingerprint density at radius 2 is 0.944 bits per heavy atom. The third kappa shape index (κ3) is 6.69. The van der Waals surface area contributed by atoms with Gasteiger partial charge in [-0.05, 0) is 11.1 Å². The number of benzene rings is 2. The maximum Gasteiger partial charge on any atom is 0.419 e. The highest BCUT2D eigenvalue weighted by atomic mass is 16.6. The van der Waals surface area contributed by atoms with Crippen molar-refractivity contribution in [2.24, 2.45) is 11.5 Å². The molecular formula is C22H22N4O10. The van der Waals surface area contributed by atoms with Gasteiger partial charge in [0.15, 0.2) is 12.1 Å². The fourth-order valence-electron chi connectivity index (χ4n) is 3.12. The summed E-state index contributed by atoms with van der Waals surface area (Å²) in [4.78, 5) is 72.2. The molecule has 0 aliphatic heterocycles. The summed E-state index contributed by atoms with van der Waals surface area (Å²) in [7, 11) is 0. The van der Waals surface area contributed by atoms with Gasteiger partial charge in [0.2, 0.25) is 0 Å². The number of amides is 6. The second kappa shape index (κ2) is 12.4. The van der Waals surface area contributed by atoms with Crippen LogP contribution in [0.3, 0.4) is 0 Å². The average Bonchev–Trinajstić information content (AvgIpc) is 2.83. The fraction of sp³-hybridized carbons (Fsp3) is 0.182. The monoisotopic (exact) mass is 502 g/mol. The second-order valence-corrected chi connectivity index (χ2v) is 6.95. The number of rotatable bonds is 9. The van der Waals surface area contributed by atoms with Crippen LogP contribution in [0.25, 0.3) is 0 Å². The summed E-state index contributed by atoms with van der Waals surface area (Å²) in [6.45, 7) is -1.41. The SMILES string of the molecule is NC(=O)N(C(=O)OCCOC(=O)N(C(N)=O)C(C(=O)O)c1ccccc1)C(C(=O)O)c1ccccc1. The van der Waals surface area contributed by atoms with Crippen LogP contribution < -0.4 is 11.5 Å². The quantitative estimate of drug-likeness (QED) is 0.363. The Morgan fingerprint density at radius 1 is 0.639 bits per heavy atom. The summed E-state index contributed by atoms with van der Waals surface area (Å²) in [5.41, 5.74) is 10.5. The minimum Gasteiger partial charge on any atom is -0.479 e. The molecule has 0 fully saturated rings. The molecule has 0 saturated carbocycles. The topological polar surface area (TPSA) is 220 Å². The van der Waals surface area contributed by atoms with E-state index < -0.39 is 61.5 Å². The van der Waals surface area contributed by atoms with Crippen molar-refractivity contribution in [1.29, 1.82) is 0 Å². The Hall–Kier alpha value is -5.14. The molecule has 6 N–H and O–H groups in total. The Labute approximate surface area is 203 Å². The van der Waals surface area contributed by atoms with Crippen molar-refractivity contribution in [2.75, 3.05) is 13.2 Å². The number of hydrogen-bond acceptors (Lipinski definition) is 8. The molecule has 0 aliphatic carbocycles. The lowest BCUT2D eigenvalue weighted by atomic mass is 10.1. The van der Waals surface area contributed by atoms with E-state index in [1.807, 2.05) is 0 Å². The highest BCUT2D eigenvalue weighted by Crippen LogP contribution is 2.23. The van der Waals surface area contributed by atoms with Crippen molar-refractivity contribution in [1.82, 2.24) is 9.80 Å². The van der Waals surface area contributed by atoms with Crippen LogP contribution in [0.15, 0.2) is 60.7 Å². The predicted molar refractivity (Wildman–Crippen MR) is 119 cm³/mol. The first-order valence-electron chi connectivity index (χ1n) is 10.1. The third-order valence-electron chi connectivity index (χ3n) is 4.62. The van der Waals surface area contributed by atoms with Crippen LogP contribution in [-0.4, -0.2) is 69.4 Å². The highest BCUT2D eigenvalue weighted by Gasteiger charge is 2.37. The van der Waals surface area contributed by atoms with Crippen LogP contribution in [0.5, 0.6) is 0 Å². The fourth-order valence-corrected chi connectivity index (χ4v) is 3.12. The standard InChI is InChI=1S/C22H22N4O10/c23-19(31)25(15(17(27)28)13-7-3-1-4-8-13)21(33)35-11-12-36-22(34)26(20(24)32)16(18(29)30)14-9-5-2-6-10-14/h1-10,15-16H,11-12H2,(H2,23,31)(H2,24,32)(H,27,28)(H,29,30). The Balaban J connectivity index is 2.07. The van der Waals surface area contributed by atoms with E-state index in [9.17, 15) is 39.0 Å². The summed E-state index contributed by atoms with van der Waals surface area (Å²) >= 11 is 0. The number of carboxylic acids is 2. The lowest BCUT2D eigenvalue weighted by Crippen LogP contribution is -2.47. The number of carboxylic acid groups (broad SMARTS) is 2. The van der Waals surface area contributed by atoms with Crippen molar-refractivity contribution in [3.8, 4) is 0 Å². The van der Waals surface area contributed by atoms with Crippen LogP contribution in [-0.2, 0) is 19.1 Å². The van der Waals surface area contributed by atoms with Gasteiger partial charge < -0.3 is 31.2 Å². The molecule has 0 spiro atoms. The number of carbonyl (C=O) groups is 6. The Morgan fingerprint density at radius 3 is 1.19 bits per heavy atom. The molecule has 14 heteroatoms. The van der Waals surface area contributed by atoms with E-state index >= 15 is 0 Å². The third-order valence-corrected chi connectivity index (χ3v) is 4.62. The van der Waals surface area contributed by atoms with Gasteiger partial charge in [-0.1, -0.05) is 60.7 Å². The molecule has 190 valence electrons. The van der Waals surface area contributed by atoms with Crippen LogP contribution in [0.2, 0.25) is 0 Å². The average molecular weight is 502 g/mol. The van der Waals surface area contributed by atoms with E-state index in [0.29, 0.717) is 0 Å². The first kappa shape index (κ1) is 27.1. The summed E-state index contributed by atoms with van der Waals surface area (Å²) in [6, 6.07) is 8.11. The summed E-state index contributed by atoms with van der Waals surface area (Å²) < 4.78 is 9.59. The molecule has 0 radical (unpaired) electrons. The largest absolute Gasteiger partial charge is 0.479 e. The van der Waals surface area contributed by atoms with Gasteiger partial charge in [0, 0.05) is 0 Å². The highest BCUT2D eigenvalue weighted by molar-refractivity contribution is 5.96. The van der Waals surface area contributed by atoms with E-state index in [-0.39, 0.29) is 20.9 Å². The van der Waals surface area contributed by atoms with Crippen LogP contribution in [0.1, 0.15) is 23.2 Å². The maximum atomic E-state index is 12.4. The number of aliphatic carboxylic acids is 2. The molecule has 6 amide bonds. The van der Waals surface area contributed by atoms with Gasteiger partial charge in [0.25, 0.3) is 0 Å². The molecule has 0 saturated heterocycles. The van der Waals surface area contributed by atoms with Crippen molar-refractivity contribution < 1.29 is 48.5 Å². The van der Waals surface area contributed by atoms with Gasteiger partial charge in [-0.15, -0.1) is 0 Å². The zero-order valence-electron chi connectivity index (χ0n) is 18.6. The number of primary amides is 2. The number of nitrogens with zero attached hydrogens (tertiary/aromatic N) is 2. The van der Waals surface area contributed by atoms with Crippen molar-refractivity contribution in [3.05, 3.63) is 71.8 Å². The number of imide groups is 2. The van der Waals surface area contributed by atoms with Gasteiger partial charge in [0.1, 0.15) is 13.2 Å². The van der Waals surface area contributed by atoms with E-state index in [1.165, 1.54) is 48.5 Å². The molecule has 0 heterocycles. The van der Waals surface area contributed by atoms with Gasteiger partial charge in [0.05, 0.1) is 0 Å². The Kier molecular flexibility index (Phi) is 9.31. The zero-order chi connectivity index (χ0) is 26.8. The van der Waals surface area contributed by atoms with Gasteiger partial charge in [-0.2, -0.15) is 0 Å². The molecule has 14 nitrogen and oxygen atoms in total. The minimum atomic E-state index is -1.80. The van der Waals surface area contributed by atoms with Crippen LogP contribution >= 0.6 is 0 Å². The van der Waals surface area contributed by atoms with Gasteiger partial charge in [-0.3, -0.25) is 0 Å². The van der Waals surface area contributed by atoms with E-state index in [2.05, 4.69) is 0 Å². The number of nitrogens with two attached hydrogens (primary N) is 2. The van der Waals surface area contributed by atoms with Crippen molar-refractivity contribution in [3.63, 3.8) is 0 Å². The molecule has 2 atom stereocenters. The van der Waals surface area contributed by atoms with Crippen LogP contribution in [0, 0.1) is 0 Å². The lowest BCUT2D eigenvalue weighted by Gasteiger charge is -2.26. The molecule has 36 heavy (non-hydrogen) atoms. The number of urea groups is 2. The molecule has 2 aromatic rings. The van der Waals surface area contributed by atoms with E-state index in [1.54, 1.807) is 12.1 Å². The molecule has 0 aromatic heterocycles. The summed E-state index contributed by atoms with van der Waals surface area (Å²) in [5.74, 6) is -3.14. The molecule has 2 aromatic carbocycles. The van der Waals surface area contributed by atoms with E-state index in [0.717, 1.165) is 0 Å². The maximum absolute atomic E-state index is 12.4. The second-order valence-electron chi connectivity index (χ2n) is 6.95. The molecular weight excluding hydrogens is 480 g/mol. The predicted octanol–water partition coefficient (Wildman–Crippen LogP) is 1.67. The Bertz CT molecular complexity index is 1040. The van der Waals surface area contributed by atoms with E-state index in [4.69, 9.17) is 20.9 Å². The van der Waals surface area contributed by atoms with Crippen molar-refractivity contribution >= 4 is 36.2 Å².